The average molecular weight is 277 g/mol. The van der Waals surface area contributed by atoms with Gasteiger partial charge in [-0.3, -0.25) is 0 Å². The van der Waals surface area contributed by atoms with Crippen molar-refractivity contribution < 1.29 is 9.13 Å². The lowest BCUT2D eigenvalue weighted by molar-refractivity contribution is 0.276. The van der Waals surface area contributed by atoms with E-state index >= 15 is 0 Å². The van der Waals surface area contributed by atoms with E-state index in [-0.39, 0.29) is 5.82 Å². The van der Waals surface area contributed by atoms with E-state index < -0.39 is 0 Å². The summed E-state index contributed by atoms with van der Waals surface area (Å²) in [6.45, 7) is 1.09. The zero-order valence-corrected chi connectivity index (χ0v) is 12.3. The van der Waals surface area contributed by atoms with E-state index in [9.17, 15) is 4.39 Å². The number of hydrogen-bond acceptors (Lipinski definition) is 2. The molecule has 0 amide bonds. The third kappa shape index (κ3) is 3.14. The number of rotatable bonds is 6. The molecule has 0 aliphatic heterocycles. The van der Waals surface area contributed by atoms with Crippen LogP contribution < -0.4 is 10.1 Å². The molecule has 0 aromatic heterocycles. The van der Waals surface area contributed by atoms with Crippen LogP contribution in [0.25, 0.3) is 0 Å². The highest BCUT2D eigenvalue weighted by molar-refractivity contribution is 5.30. The lowest BCUT2D eigenvalue weighted by atomic mass is 9.80. The van der Waals surface area contributed by atoms with Crippen LogP contribution in [0.3, 0.4) is 0 Å². The molecule has 1 aromatic rings. The van der Waals surface area contributed by atoms with Crippen LogP contribution in [0.2, 0.25) is 0 Å². The molecule has 110 valence electrons. The van der Waals surface area contributed by atoms with Crippen LogP contribution in [0.5, 0.6) is 5.75 Å². The maximum atomic E-state index is 13.8. The zero-order chi connectivity index (χ0) is 14.0. The van der Waals surface area contributed by atoms with E-state index in [1.54, 1.807) is 12.1 Å². The molecular weight excluding hydrogens is 253 g/mol. The van der Waals surface area contributed by atoms with Gasteiger partial charge in [-0.05, 0) is 55.2 Å². The Morgan fingerprint density at radius 2 is 2.05 bits per heavy atom. The molecule has 3 rings (SSSR count). The second kappa shape index (κ2) is 5.72. The minimum absolute atomic E-state index is 0.242. The summed E-state index contributed by atoms with van der Waals surface area (Å²) in [5, 5.41) is 3.68. The van der Waals surface area contributed by atoms with Gasteiger partial charge in [0.05, 0.1) is 7.11 Å². The molecule has 2 aliphatic carbocycles. The Kier molecular flexibility index (Phi) is 3.97. The van der Waals surface area contributed by atoms with Gasteiger partial charge in [0.1, 0.15) is 0 Å². The monoisotopic (exact) mass is 277 g/mol. The zero-order valence-electron chi connectivity index (χ0n) is 12.3. The number of hydrogen-bond donors (Lipinski definition) is 1. The maximum absolute atomic E-state index is 13.8. The van der Waals surface area contributed by atoms with Gasteiger partial charge in [-0.2, -0.15) is 0 Å². The summed E-state index contributed by atoms with van der Waals surface area (Å²) in [5.74, 6) is 0.0960. The smallest absolute Gasteiger partial charge is 0.165 e. The van der Waals surface area contributed by atoms with Crippen molar-refractivity contribution in [3.63, 3.8) is 0 Å². The second-order valence-corrected chi connectivity index (χ2v) is 6.51. The molecule has 3 heteroatoms. The van der Waals surface area contributed by atoms with Crippen LogP contribution in [-0.4, -0.2) is 19.7 Å². The van der Waals surface area contributed by atoms with Crippen molar-refractivity contribution in [2.24, 2.45) is 5.41 Å². The van der Waals surface area contributed by atoms with Crippen molar-refractivity contribution >= 4 is 0 Å². The minimum atomic E-state index is -0.242. The number of halogens is 1. The van der Waals surface area contributed by atoms with Crippen molar-refractivity contribution in [3.8, 4) is 5.75 Å². The van der Waals surface area contributed by atoms with Crippen LogP contribution in [-0.2, 0) is 6.42 Å². The van der Waals surface area contributed by atoms with E-state index in [0.717, 1.165) is 24.6 Å². The Balaban J connectivity index is 1.70. The molecule has 0 atom stereocenters. The Bertz CT molecular complexity index is 464. The van der Waals surface area contributed by atoms with Gasteiger partial charge in [-0.1, -0.05) is 18.9 Å². The SMILES string of the molecule is COc1ccc(CC2(CNC3CC3)CCCC2)cc1F. The summed E-state index contributed by atoms with van der Waals surface area (Å²) in [6, 6.07) is 6.16. The molecule has 0 radical (unpaired) electrons. The summed E-state index contributed by atoms with van der Waals surface area (Å²) < 4.78 is 18.8. The van der Waals surface area contributed by atoms with Gasteiger partial charge >= 0.3 is 0 Å². The highest BCUT2D eigenvalue weighted by atomic mass is 19.1. The lowest BCUT2D eigenvalue weighted by Crippen LogP contribution is -2.35. The fourth-order valence-corrected chi connectivity index (χ4v) is 3.44. The van der Waals surface area contributed by atoms with Gasteiger partial charge in [0.2, 0.25) is 0 Å². The van der Waals surface area contributed by atoms with Crippen LogP contribution in [0, 0.1) is 11.2 Å². The highest BCUT2D eigenvalue weighted by Gasteiger charge is 2.35. The van der Waals surface area contributed by atoms with Gasteiger partial charge in [-0.15, -0.1) is 0 Å². The standard InChI is InChI=1S/C17H24FNO/c1-20-16-7-4-13(10-15(16)18)11-17(8-2-3-9-17)12-19-14-5-6-14/h4,7,10,14,19H,2-3,5-6,8-9,11-12H2,1H3. The third-order valence-corrected chi connectivity index (χ3v) is 4.80. The minimum Gasteiger partial charge on any atom is -0.494 e. The number of benzene rings is 1. The first-order valence-corrected chi connectivity index (χ1v) is 7.77. The van der Waals surface area contributed by atoms with Crippen LogP contribution in [0.15, 0.2) is 18.2 Å². The largest absolute Gasteiger partial charge is 0.494 e. The first kappa shape index (κ1) is 13.9. The Morgan fingerprint density at radius 1 is 1.30 bits per heavy atom. The molecular formula is C17H24FNO. The topological polar surface area (TPSA) is 21.3 Å². The summed E-state index contributed by atoms with van der Waals surface area (Å²) in [7, 11) is 1.51. The molecule has 2 saturated carbocycles. The molecule has 0 heterocycles. The highest BCUT2D eigenvalue weighted by Crippen LogP contribution is 2.41. The quantitative estimate of drug-likeness (QED) is 0.856. The Hall–Kier alpha value is -1.09. The summed E-state index contributed by atoms with van der Waals surface area (Å²) in [4.78, 5) is 0. The van der Waals surface area contributed by atoms with Crippen molar-refractivity contribution in [3.05, 3.63) is 29.6 Å². The Morgan fingerprint density at radius 3 is 2.65 bits per heavy atom. The second-order valence-electron chi connectivity index (χ2n) is 6.51. The van der Waals surface area contributed by atoms with E-state index in [2.05, 4.69) is 5.32 Å². The van der Waals surface area contributed by atoms with E-state index in [1.807, 2.05) is 6.07 Å². The molecule has 2 aliphatic rings. The van der Waals surface area contributed by atoms with Crippen LogP contribution in [0.1, 0.15) is 44.1 Å². The van der Waals surface area contributed by atoms with Gasteiger partial charge in [0.15, 0.2) is 11.6 Å². The Labute approximate surface area is 120 Å². The average Bonchev–Trinajstić information content (AvgIpc) is 3.17. The summed E-state index contributed by atoms with van der Waals surface area (Å²) in [6.07, 6.45) is 8.78. The number of methoxy groups -OCH3 is 1. The van der Waals surface area contributed by atoms with Crippen LogP contribution in [0.4, 0.5) is 4.39 Å². The molecule has 0 unspecified atom stereocenters. The maximum Gasteiger partial charge on any atom is 0.165 e. The predicted molar refractivity (Wildman–Crippen MR) is 78.6 cm³/mol. The van der Waals surface area contributed by atoms with Gasteiger partial charge in [0.25, 0.3) is 0 Å². The number of nitrogens with one attached hydrogen (secondary N) is 1. The molecule has 0 saturated heterocycles. The lowest BCUT2D eigenvalue weighted by Gasteiger charge is -2.30. The third-order valence-electron chi connectivity index (χ3n) is 4.80. The molecule has 1 aromatic carbocycles. The first-order chi connectivity index (χ1) is 9.71. The fraction of sp³-hybridized carbons (Fsp3) is 0.647. The van der Waals surface area contributed by atoms with Crippen LogP contribution >= 0.6 is 0 Å². The molecule has 0 spiro atoms. The van der Waals surface area contributed by atoms with Crippen molar-refractivity contribution in [1.82, 2.24) is 5.32 Å². The van der Waals surface area contributed by atoms with E-state index in [1.165, 1.54) is 45.6 Å². The molecule has 2 nitrogen and oxygen atoms in total. The predicted octanol–water partition coefficient (Wildman–Crippen LogP) is 3.69. The molecule has 1 N–H and O–H groups in total. The fourth-order valence-electron chi connectivity index (χ4n) is 3.44. The normalized spacial score (nSPS) is 21.1. The molecule has 0 bridgehead atoms. The summed E-state index contributed by atoms with van der Waals surface area (Å²) in [5.41, 5.74) is 1.44. The van der Waals surface area contributed by atoms with Crippen molar-refractivity contribution in [2.75, 3.05) is 13.7 Å². The van der Waals surface area contributed by atoms with E-state index in [0.29, 0.717) is 11.2 Å². The first-order valence-electron chi connectivity index (χ1n) is 7.77. The molecule has 2 fully saturated rings. The van der Waals surface area contributed by atoms with Gasteiger partial charge < -0.3 is 10.1 Å². The van der Waals surface area contributed by atoms with Crippen molar-refractivity contribution in [2.45, 2.75) is 51.0 Å². The number of ether oxygens (including phenoxy) is 1. The van der Waals surface area contributed by atoms with E-state index in [4.69, 9.17) is 4.74 Å². The van der Waals surface area contributed by atoms with Gasteiger partial charge in [0, 0.05) is 12.6 Å². The summed E-state index contributed by atoms with van der Waals surface area (Å²) >= 11 is 0. The van der Waals surface area contributed by atoms with Gasteiger partial charge in [-0.25, -0.2) is 4.39 Å². The van der Waals surface area contributed by atoms with Crippen molar-refractivity contribution in [1.29, 1.82) is 0 Å². The molecule has 20 heavy (non-hydrogen) atoms.